The third kappa shape index (κ3) is 4.65. The summed E-state index contributed by atoms with van der Waals surface area (Å²) in [7, 11) is 0. The van der Waals surface area contributed by atoms with E-state index in [-0.39, 0.29) is 5.75 Å². The number of nitrogen functional groups attached to an aromatic ring is 1. The van der Waals surface area contributed by atoms with Crippen LogP contribution < -0.4 is 21.1 Å². The maximum atomic E-state index is 12.2. The minimum absolute atomic E-state index is 0.294. The summed E-state index contributed by atoms with van der Waals surface area (Å²) in [6.07, 6.45) is 1.18. The molecule has 1 aliphatic carbocycles. The Bertz CT molecular complexity index is 715. The molecule has 1 aliphatic rings. The Morgan fingerprint density at radius 1 is 1.04 bits per heavy atom. The monoisotopic (exact) mass is 353 g/mol. The van der Waals surface area contributed by atoms with Gasteiger partial charge in [0.05, 0.1) is 0 Å². The lowest BCUT2D eigenvalue weighted by molar-refractivity contribution is -0.274. The summed E-state index contributed by atoms with van der Waals surface area (Å²) >= 11 is 0. The summed E-state index contributed by atoms with van der Waals surface area (Å²) < 4.78 is 40.4. The summed E-state index contributed by atoms with van der Waals surface area (Å²) in [5.41, 5.74) is 7.00. The van der Waals surface area contributed by atoms with Crippen LogP contribution in [0.15, 0.2) is 30.6 Å². The second kappa shape index (κ2) is 7.04. The minimum atomic E-state index is -4.72. The fourth-order valence-corrected chi connectivity index (χ4v) is 2.75. The highest BCUT2D eigenvalue weighted by molar-refractivity contribution is 5.77. The molecule has 0 spiro atoms. The number of nitrogens with one attached hydrogen (secondary N) is 2. The SMILES string of the molecule is Nc1c(Nc2ccc(OC(F)(F)F)cc2)ncnc1NC1CCCC1. The average Bonchev–Trinajstić information content (AvgIpc) is 3.05. The van der Waals surface area contributed by atoms with E-state index in [1.54, 1.807) is 0 Å². The third-order valence-electron chi connectivity index (χ3n) is 3.93. The lowest BCUT2D eigenvalue weighted by atomic mass is 10.2. The van der Waals surface area contributed by atoms with Crippen LogP contribution in [-0.4, -0.2) is 22.4 Å². The van der Waals surface area contributed by atoms with Crippen molar-refractivity contribution in [3.8, 4) is 5.75 Å². The predicted molar refractivity (Wildman–Crippen MR) is 88.7 cm³/mol. The molecule has 1 aromatic heterocycles. The first-order valence-electron chi connectivity index (χ1n) is 7.90. The molecule has 0 atom stereocenters. The normalized spacial score (nSPS) is 15.2. The summed E-state index contributed by atoms with van der Waals surface area (Å²) in [5.74, 6) is 0.652. The molecule has 6 nitrogen and oxygen atoms in total. The van der Waals surface area contributed by atoms with E-state index in [1.165, 1.54) is 43.4 Å². The molecule has 25 heavy (non-hydrogen) atoms. The van der Waals surface area contributed by atoms with Crippen LogP contribution in [0.1, 0.15) is 25.7 Å². The van der Waals surface area contributed by atoms with Crippen molar-refractivity contribution in [2.24, 2.45) is 0 Å². The van der Waals surface area contributed by atoms with Gasteiger partial charge in [0, 0.05) is 11.7 Å². The highest BCUT2D eigenvalue weighted by Gasteiger charge is 2.31. The number of anilines is 4. The average molecular weight is 353 g/mol. The summed E-state index contributed by atoms with van der Waals surface area (Å²) in [6.45, 7) is 0. The summed E-state index contributed by atoms with van der Waals surface area (Å²) in [4.78, 5) is 8.26. The molecule has 0 amide bonds. The minimum Gasteiger partial charge on any atom is -0.406 e. The first kappa shape index (κ1) is 17.1. The number of ether oxygens (including phenoxy) is 1. The highest BCUT2D eigenvalue weighted by Crippen LogP contribution is 2.30. The van der Waals surface area contributed by atoms with Crippen molar-refractivity contribution in [2.45, 2.75) is 38.1 Å². The van der Waals surface area contributed by atoms with Crippen molar-refractivity contribution in [2.75, 3.05) is 16.4 Å². The Balaban J connectivity index is 1.70. The number of alkyl halides is 3. The molecule has 1 heterocycles. The van der Waals surface area contributed by atoms with Crippen LogP contribution in [0.4, 0.5) is 36.2 Å². The number of aromatic nitrogens is 2. The molecule has 4 N–H and O–H groups in total. The van der Waals surface area contributed by atoms with Crippen LogP contribution in [0.5, 0.6) is 5.75 Å². The van der Waals surface area contributed by atoms with E-state index in [0.29, 0.717) is 29.1 Å². The Kier molecular flexibility index (Phi) is 4.82. The number of nitrogens with zero attached hydrogens (tertiary/aromatic N) is 2. The quantitative estimate of drug-likeness (QED) is 0.752. The molecule has 1 saturated carbocycles. The van der Waals surface area contributed by atoms with Gasteiger partial charge in [-0.05, 0) is 37.1 Å². The Labute approximate surface area is 142 Å². The first-order valence-corrected chi connectivity index (χ1v) is 7.90. The molecule has 0 aliphatic heterocycles. The molecule has 134 valence electrons. The molecule has 0 unspecified atom stereocenters. The van der Waals surface area contributed by atoms with E-state index in [1.807, 2.05) is 0 Å². The van der Waals surface area contributed by atoms with Gasteiger partial charge >= 0.3 is 6.36 Å². The zero-order valence-corrected chi connectivity index (χ0v) is 13.3. The van der Waals surface area contributed by atoms with Gasteiger partial charge in [-0.25, -0.2) is 9.97 Å². The third-order valence-corrected chi connectivity index (χ3v) is 3.93. The number of hydrogen-bond acceptors (Lipinski definition) is 6. The van der Waals surface area contributed by atoms with Crippen molar-refractivity contribution in [1.82, 2.24) is 9.97 Å². The lowest BCUT2D eigenvalue weighted by Crippen LogP contribution is -2.17. The van der Waals surface area contributed by atoms with Crippen LogP contribution in [0.25, 0.3) is 0 Å². The van der Waals surface area contributed by atoms with Gasteiger partial charge in [-0.1, -0.05) is 12.8 Å². The van der Waals surface area contributed by atoms with E-state index < -0.39 is 6.36 Å². The van der Waals surface area contributed by atoms with Crippen molar-refractivity contribution < 1.29 is 17.9 Å². The number of nitrogens with two attached hydrogens (primary N) is 1. The van der Waals surface area contributed by atoms with E-state index in [2.05, 4.69) is 25.3 Å². The van der Waals surface area contributed by atoms with Gasteiger partial charge in [0.25, 0.3) is 0 Å². The van der Waals surface area contributed by atoms with Crippen LogP contribution >= 0.6 is 0 Å². The zero-order chi connectivity index (χ0) is 17.9. The summed E-state index contributed by atoms with van der Waals surface area (Å²) in [5, 5.41) is 6.28. The van der Waals surface area contributed by atoms with Gasteiger partial charge in [-0.15, -0.1) is 13.2 Å². The fourth-order valence-electron chi connectivity index (χ4n) is 2.75. The van der Waals surface area contributed by atoms with Gasteiger partial charge in [0.15, 0.2) is 11.6 Å². The van der Waals surface area contributed by atoms with Crippen molar-refractivity contribution in [3.05, 3.63) is 30.6 Å². The van der Waals surface area contributed by atoms with Gasteiger partial charge in [-0.3, -0.25) is 0 Å². The number of benzene rings is 1. The molecule has 0 saturated heterocycles. The molecular formula is C16H18F3N5O. The standard InChI is InChI=1S/C16H18F3N5O/c17-16(18,19)25-12-7-5-11(6-8-12)24-15-13(20)14(21-9-22-15)23-10-3-1-2-4-10/h5-10H,1-4,20H2,(H2,21,22,23,24). The predicted octanol–water partition coefficient (Wildman–Crippen LogP) is 4.06. The van der Waals surface area contributed by atoms with Gasteiger partial charge in [-0.2, -0.15) is 0 Å². The topological polar surface area (TPSA) is 85.1 Å². The zero-order valence-electron chi connectivity index (χ0n) is 13.3. The maximum Gasteiger partial charge on any atom is 0.573 e. The first-order chi connectivity index (χ1) is 11.9. The van der Waals surface area contributed by atoms with Gasteiger partial charge in [0.2, 0.25) is 0 Å². The highest BCUT2D eigenvalue weighted by atomic mass is 19.4. The Hall–Kier alpha value is -2.71. The molecule has 9 heteroatoms. The van der Waals surface area contributed by atoms with E-state index >= 15 is 0 Å². The smallest absolute Gasteiger partial charge is 0.406 e. The maximum absolute atomic E-state index is 12.2. The Morgan fingerprint density at radius 3 is 2.32 bits per heavy atom. The lowest BCUT2D eigenvalue weighted by Gasteiger charge is -2.16. The molecular weight excluding hydrogens is 335 g/mol. The number of halogens is 3. The van der Waals surface area contributed by atoms with E-state index in [4.69, 9.17) is 5.73 Å². The van der Waals surface area contributed by atoms with Crippen LogP contribution in [0, 0.1) is 0 Å². The summed E-state index contributed by atoms with van der Waals surface area (Å²) in [6, 6.07) is 5.68. The second-order valence-electron chi connectivity index (χ2n) is 5.81. The molecule has 3 rings (SSSR count). The van der Waals surface area contributed by atoms with Crippen LogP contribution in [0.3, 0.4) is 0 Å². The number of hydrogen-bond donors (Lipinski definition) is 3. The van der Waals surface area contributed by atoms with Crippen molar-refractivity contribution in [1.29, 1.82) is 0 Å². The van der Waals surface area contributed by atoms with E-state index in [0.717, 1.165) is 12.8 Å². The van der Waals surface area contributed by atoms with Crippen LogP contribution in [0.2, 0.25) is 0 Å². The van der Waals surface area contributed by atoms with Crippen molar-refractivity contribution in [3.63, 3.8) is 0 Å². The van der Waals surface area contributed by atoms with E-state index in [9.17, 15) is 13.2 Å². The molecule has 2 aromatic rings. The van der Waals surface area contributed by atoms with Gasteiger partial charge < -0.3 is 21.1 Å². The molecule has 1 aromatic carbocycles. The fraction of sp³-hybridized carbons (Fsp3) is 0.375. The van der Waals surface area contributed by atoms with Crippen LogP contribution in [-0.2, 0) is 0 Å². The molecule has 0 bridgehead atoms. The van der Waals surface area contributed by atoms with Crippen molar-refractivity contribution >= 4 is 23.0 Å². The molecule has 0 radical (unpaired) electrons. The second-order valence-corrected chi connectivity index (χ2v) is 5.81. The van der Waals surface area contributed by atoms with Gasteiger partial charge in [0.1, 0.15) is 17.8 Å². The Morgan fingerprint density at radius 2 is 1.68 bits per heavy atom. The number of rotatable bonds is 5. The molecule has 1 fully saturated rings. The largest absolute Gasteiger partial charge is 0.573 e.